The summed E-state index contributed by atoms with van der Waals surface area (Å²) in [4.78, 5) is 12.0. The first-order valence-electron chi connectivity index (χ1n) is 7.20. The van der Waals surface area contributed by atoms with Crippen LogP contribution in [0.4, 0.5) is 4.39 Å². The highest BCUT2D eigenvalue weighted by Crippen LogP contribution is 2.21. The van der Waals surface area contributed by atoms with Gasteiger partial charge in [-0.15, -0.1) is 0 Å². The number of rotatable bonds is 6. The molecule has 0 spiro atoms. The van der Waals surface area contributed by atoms with Gasteiger partial charge in [0.2, 0.25) is 0 Å². The number of hydrogen-bond donors (Lipinski definition) is 1. The summed E-state index contributed by atoms with van der Waals surface area (Å²) in [6.45, 7) is 2.02. The van der Waals surface area contributed by atoms with Gasteiger partial charge in [-0.05, 0) is 29.7 Å². The zero-order chi connectivity index (χ0) is 15.2. The van der Waals surface area contributed by atoms with Crippen LogP contribution in [-0.4, -0.2) is 17.0 Å². The maximum Gasteiger partial charge on any atom is 0.191 e. The molecule has 3 heteroatoms. The molecule has 2 aromatic rings. The number of benzene rings is 2. The van der Waals surface area contributed by atoms with Crippen LogP contribution < -0.4 is 0 Å². The van der Waals surface area contributed by atoms with E-state index in [1.807, 2.05) is 19.1 Å². The van der Waals surface area contributed by atoms with E-state index in [0.29, 0.717) is 12.0 Å². The highest BCUT2D eigenvalue weighted by atomic mass is 19.1. The lowest BCUT2D eigenvalue weighted by Gasteiger charge is -2.09. The van der Waals surface area contributed by atoms with Crippen molar-refractivity contribution >= 4 is 5.78 Å². The van der Waals surface area contributed by atoms with Crippen molar-refractivity contribution in [3.8, 4) is 11.1 Å². The lowest BCUT2D eigenvalue weighted by molar-refractivity contribution is 0.0726. The summed E-state index contributed by atoms with van der Waals surface area (Å²) in [5.74, 6) is -0.515. The third kappa shape index (κ3) is 3.99. The quantitative estimate of drug-likeness (QED) is 0.807. The Balaban J connectivity index is 2.11. The molecule has 0 aliphatic rings. The third-order valence-electron chi connectivity index (χ3n) is 3.48. The van der Waals surface area contributed by atoms with Gasteiger partial charge >= 0.3 is 0 Å². The van der Waals surface area contributed by atoms with Gasteiger partial charge in [-0.2, -0.15) is 0 Å². The van der Waals surface area contributed by atoms with Crippen LogP contribution in [-0.2, 0) is 0 Å². The van der Waals surface area contributed by atoms with Gasteiger partial charge in [-0.3, -0.25) is 4.79 Å². The van der Waals surface area contributed by atoms with Crippen molar-refractivity contribution in [1.82, 2.24) is 0 Å². The van der Waals surface area contributed by atoms with Crippen molar-refractivity contribution in [3.63, 3.8) is 0 Å². The summed E-state index contributed by atoms with van der Waals surface area (Å²) in [7, 11) is 0. The number of halogens is 1. The molecule has 2 rings (SSSR count). The Bertz CT molecular complexity index is 588. The molecule has 0 radical (unpaired) electrons. The number of aliphatic hydroxyl groups excluding tert-OH is 1. The molecule has 21 heavy (non-hydrogen) atoms. The minimum Gasteiger partial charge on any atom is -0.385 e. The van der Waals surface area contributed by atoms with Crippen LogP contribution in [0.5, 0.6) is 0 Å². The van der Waals surface area contributed by atoms with Crippen LogP contribution >= 0.6 is 0 Å². The smallest absolute Gasteiger partial charge is 0.191 e. The van der Waals surface area contributed by atoms with Crippen molar-refractivity contribution in [1.29, 1.82) is 0 Å². The van der Waals surface area contributed by atoms with Crippen molar-refractivity contribution < 1.29 is 14.3 Å². The van der Waals surface area contributed by atoms with Gasteiger partial charge in [0.05, 0.1) is 0 Å². The Morgan fingerprint density at radius 1 is 1.05 bits per heavy atom. The average Bonchev–Trinajstić information content (AvgIpc) is 2.53. The fraction of sp³-hybridized carbons (Fsp3) is 0.278. The van der Waals surface area contributed by atoms with Gasteiger partial charge in [0, 0.05) is 5.56 Å². The van der Waals surface area contributed by atoms with E-state index >= 15 is 0 Å². The molecule has 0 saturated heterocycles. The number of hydrogen-bond acceptors (Lipinski definition) is 2. The van der Waals surface area contributed by atoms with Gasteiger partial charge in [0.15, 0.2) is 5.78 Å². The van der Waals surface area contributed by atoms with Crippen LogP contribution in [0.2, 0.25) is 0 Å². The summed E-state index contributed by atoms with van der Waals surface area (Å²) in [6, 6.07) is 13.2. The molecule has 110 valence electrons. The normalized spacial score (nSPS) is 12.1. The average molecular weight is 286 g/mol. The molecule has 0 aliphatic heterocycles. The fourth-order valence-corrected chi connectivity index (χ4v) is 2.19. The van der Waals surface area contributed by atoms with E-state index in [9.17, 15) is 14.3 Å². The molecule has 0 aromatic heterocycles. The Morgan fingerprint density at radius 2 is 1.57 bits per heavy atom. The molecule has 2 aromatic carbocycles. The van der Waals surface area contributed by atoms with Gasteiger partial charge in [-0.1, -0.05) is 56.2 Å². The van der Waals surface area contributed by atoms with Gasteiger partial charge in [0.25, 0.3) is 0 Å². The van der Waals surface area contributed by atoms with Crippen LogP contribution in [0.1, 0.15) is 36.5 Å². The summed E-state index contributed by atoms with van der Waals surface area (Å²) >= 11 is 0. The Morgan fingerprint density at radius 3 is 2.10 bits per heavy atom. The van der Waals surface area contributed by atoms with Gasteiger partial charge in [-0.25, -0.2) is 4.39 Å². The van der Waals surface area contributed by atoms with E-state index in [1.54, 1.807) is 24.3 Å². The molecule has 1 N–H and O–H groups in total. The van der Waals surface area contributed by atoms with E-state index < -0.39 is 6.10 Å². The molecule has 2 nitrogen and oxygen atoms in total. The van der Waals surface area contributed by atoms with E-state index in [1.165, 1.54) is 12.1 Å². The molecule has 1 unspecified atom stereocenters. The maximum atomic E-state index is 12.9. The first kappa shape index (κ1) is 15.4. The lowest BCUT2D eigenvalue weighted by atomic mass is 9.99. The fourth-order valence-electron chi connectivity index (χ4n) is 2.19. The second kappa shape index (κ2) is 7.14. The Hall–Kier alpha value is -2.00. The molecule has 0 heterocycles. The lowest BCUT2D eigenvalue weighted by Crippen LogP contribution is -2.20. The number of aliphatic hydroxyl groups is 1. The first-order chi connectivity index (χ1) is 10.1. The highest BCUT2D eigenvalue weighted by Gasteiger charge is 2.16. The monoisotopic (exact) mass is 286 g/mol. The molecule has 0 aliphatic carbocycles. The van der Waals surface area contributed by atoms with E-state index in [-0.39, 0.29) is 11.6 Å². The molecule has 0 fully saturated rings. The number of carbonyl (C=O) groups excluding carboxylic acids is 1. The second-order valence-electron chi connectivity index (χ2n) is 5.11. The summed E-state index contributed by atoms with van der Waals surface area (Å²) in [5.41, 5.74) is 2.31. The van der Waals surface area contributed by atoms with Crippen molar-refractivity contribution in [2.45, 2.75) is 32.3 Å². The number of Topliss-reactive ketones (excluding diaryl/α,β-unsaturated/α-hetero) is 1. The molecule has 0 saturated carbocycles. The molecular weight excluding hydrogens is 267 g/mol. The predicted octanol–water partition coefficient (Wildman–Crippen LogP) is 4.23. The van der Waals surface area contributed by atoms with Crippen LogP contribution in [0.15, 0.2) is 48.5 Å². The third-order valence-corrected chi connectivity index (χ3v) is 3.48. The number of carbonyl (C=O) groups is 1. The Labute approximate surface area is 124 Å². The van der Waals surface area contributed by atoms with Crippen molar-refractivity contribution in [3.05, 3.63) is 59.9 Å². The molecule has 0 amide bonds. The van der Waals surface area contributed by atoms with Gasteiger partial charge < -0.3 is 5.11 Å². The summed E-state index contributed by atoms with van der Waals surface area (Å²) < 4.78 is 12.9. The minimum atomic E-state index is -0.929. The second-order valence-corrected chi connectivity index (χ2v) is 5.11. The topological polar surface area (TPSA) is 37.3 Å². The van der Waals surface area contributed by atoms with Crippen LogP contribution in [0, 0.1) is 5.82 Å². The SMILES string of the molecule is CCCCC(O)C(=O)c1ccc(-c2ccc(F)cc2)cc1. The number of unbranched alkanes of at least 4 members (excludes halogenated alkanes) is 1. The maximum absolute atomic E-state index is 12.9. The Kier molecular flexibility index (Phi) is 5.23. The molecule has 1 atom stereocenters. The van der Waals surface area contributed by atoms with Crippen LogP contribution in [0.25, 0.3) is 11.1 Å². The van der Waals surface area contributed by atoms with Crippen molar-refractivity contribution in [2.75, 3.05) is 0 Å². The van der Waals surface area contributed by atoms with E-state index in [2.05, 4.69) is 0 Å². The minimum absolute atomic E-state index is 0.242. The van der Waals surface area contributed by atoms with Gasteiger partial charge in [0.1, 0.15) is 11.9 Å². The van der Waals surface area contributed by atoms with Crippen molar-refractivity contribution in [2.24, 2.45) is 0 Å². The molecular formula is C18H19FO2. The number of ketones is 1. The zero-order valence-electron chi connectivity index (χ0n) is 12.1. The van der Waals surface area contributed by atoms with E-state index in [0.717, 1.165) is 24.0 Å². The molecule has 0 bridgehead atoms. The standard InChI is InChI=1S/C18H19FO2/c1-2-3-4-17(20)18(21)15-7-5-13(6-8-15)14-9-11-16(19)12-10-14/h5-12,17,20H,2-4H2,1H3. The summed E-state index contributed by atoms with van der Waals surface area (Å²) in [5, 5.41) is 9.83. The first-order valence-corrected chi connectivity index (χ1v) is 7.20. The largest absolute Gasteiger partial charge is 0.385 e. The van der Waals surface area contributed by atoms with E-state index in [4.69, 9.17) is 0 Å². The predicted molar refractivity (Wildman–Crippen MR) is 81.7 cm³/mol. The zero-order valence-corrected chi connectivity index (χ0v) is 12.1. The van der Waals surface area contributed by atoms with Crippen LogP contribution in [0.3, 0.4) is 0 Å². The summed E-state index contributed by atoms with van der Waals surface area (Å²) in [6.07, 6.45) is 1.35. The highest BCUT2D eigenvalue weighted by molar-refractivity contribution is 5.99.